The van der Waals surface area contributed by atoms with Crippen molar-refractivity contribution in [1.82, 2.24) is 0 Å². The number of aliphatic carboxylic acids is 1. The van der Waals surface area contributed by atoms with Gasteiger partial charge in [-0.1, -0.05) is 55.9 Å². The number of carbonyl (C=O) groups is 2. The summed E-state index contributed by atoms with van der Waals surface area (Å²) in [7, 11) is 0. The van der Waals surface area contributed by atoms with E-state index in [1.54, 1.807) is 0 Å². The molecule has 0 saturated heterocycles. The van der Waals surface area contributed by atoms with E-state index in [-0.39, 0.29) is 16.8 Å². The van der Waals surface area contributed by atoms with E-state index in [4.69, 9.17) is 5.11 Å². The molecular weight excluding hydrogens is 260 g/mol. The third-order valence-electron chi connectivity index (χ3n) is 2.76. The van der Waals surface area contributed by atoms with Crippen LogP contribution in [0, 0.1) is 5.92 Å². The monoisotopic (exact) mass is 280 g/mol. The van der Waals surface area contributed by atoms with Crippen molar-refractivity contribution in [2.45, 2.75) is 38.4 Å². The van der Waals surface area contributed by atoms with Crippen LogP contribution in [0.3, 0.4) is 0 Å². The Morgan fingerprint density at radius 1 is 1.16 bits per heavy atom. The van der Waals surface area contributed by atoms with E-state index in [1.165, 1.54) is 11.8 Å². The van der Waals surface area contributed by atoms with Crippen LogP contribution >= 0.6 is 11.8 Å². The number of thioether (sulfide) groups is 1. The van der Waals surface area contributed by atoms with Crippen molar-refractivity contribution < 1.29 is 14.7 Å². The minimum atomic E-state index is -0.846. The molecule has 1 rings (SSSR count). The summed E-state index contributed by atoms with van der Waals surface area (Å²) < 4.78 is 0. The van der Waals surface area contributed by atoms with E-state index < -0.39 is 5.97 Å². The summed E-state index contributed by atoms with van der Waals surface area (Å²) in [5.41, 5.74) is 1.15. The van der Waals surface area contributed by atoms with E-state index in [9.17, 15) is 9.59 Å². The topological polar surface area (TPSA) is 54.4 Å². The lowest BCUT2D eigenvalue weighted by Crippen LogP contribution is -2.07. The number of carboxylic acids is 1. The summed E-state index contributed by atoms with van der Waals surface area (Å²) in [6.45, 7) is 4.18. The number of hydrogen-bond donors (Lipinski definition) is 1. The van der Waals surface area contributed by atoms with Gasteiger partial charge in [0.15, 0.2) is 5.12 Å². The highest BCUT2D eigenvalue weighted by Gasteiger charge is 2.20. The van der Waals surface area contributed by atoms with Gasteiger partial charge in [0.1, 0.15) is 0 Å². The average molecular weight is 280 g/mol. The molecule has 104 valence electrons. The van der Waals surface area contributed by atoms with Gasteiger partial charge in [-0.25, -0.2) is 0 Å². The molecule has 19 heavy (non-hydrogen) atoms. The molecule has 1 unspecified atom stereocenters. The van der Waals surface area contributed by atoms with E-state index >= 15 is 0 Å². The Labute approximate surface area is 118 Å². The van der Waals surface area contributed by atoms with E-state index in [1.807, 2.05) is 30.3 Å². The first-order valence-electron chi connectivity index (χ1n) is 6.47. The lowest BCUT2D eigenvalue weighted by molar-refractivity contribution is -0.137. The van der Waals surface area contributed by atoms with Crippen LogP contribution in [0.2, 0.25) is 0 Å². The van der Waals surface area contributed by atoms with Gasteiger partial charge in [0.05, 0.1) is 0 Å². The second-order valence-electron chi connectivity index (χ2n) is 4.81. The third-order valence-corrected chi connectivity index (χ3v) is 4.30. The van der Waals surface area contributed by atoms with E-state index in [0.717, 1.165) is 5.56 Å². The molecule has 0 spiro atoms. The number of benzene rings is 1. The zero-order chi connectivity index (χ0) is 14.3. The molecule has 0 bridgehead atoms. The zero-order valence-electron chi connectivity index (χ0n) is 11.3. The molecule has 0 amide bonds. The number of rotatable bonds is 7. The Hall–Kier alpha value is -1.29. The molecule has 0 aliphatic rings. The van der Waals surface area contributed by atoms with Crippen LogP contribution in [0.5, 0.6) is 0 Å². The molecule has 1 N–H and O–H groups in total. The Balaban J connectivity index is 2.55. The van der Waals surface area contributed by atoms with E-state index in [0.29, 0.717) is 18.8 Å². The summed E-state index contributed by atoms with van der Waals surface area (Å²) in [6.07, 6.45) is 0.803. The first kappa shape index (κ1) is 15.8. The molecule has 0 fully saturated rings. The highest BCUT2D eigenvalue weighted by atomic mass is 32.2. The molecule has 0 aliphatic heterocycles. The second kappa shape index (κ2) is 8.00. The van der Waals surface area contributed by atoms with Crippen molar-refractivity contribution in [2.24, 2.45) is 5.92 Å². The SMILES string of the molecule is CC(C)C(SC(=O)CCCC(=O)O)c1ccccc1. The predicted molar refractivity (Wildman–Crippen MR) is 78.1 cm³/mol. The maximum absolute atomic E-state index is 11.9. The standard InChI is InChI=1S/C15H20O3S/c1-11(2)15(12-7-4-3-5-8-12)19-14(18)10-6-9-13(16)17/h3-5,7-8,11,15H,6,9-10H2,1-2H3,(H,16,17). The second-order valence-corrected chi connectivity index (χ2v) is 6.01. The molecule has 0 aliphatic carbocycles. The molecule has 1 aromatic rings. The maximum Gasteiger partial charge on any atom is 0.303 e. The van der Waals surface area contributed by atoms with Crippen LogP contribution in [0.4, 0.5) is 0 Å². The van der Waals surface area contributed by atoms with Crippen molar-refractivity contribution in [3.8, 4) is 0 Å². The van der Waals surface area contributed by atoms with Gasteiger partial charge in [-0.2, -0.15) is 0 Å². The van der Waals surface area contributed by atoms with Crippen LogP contribution in [-0.2, 0) is 9.59 Å². The van der Waals surface area contributed by atoms with Crippen LogP contribution < -0.4 is 0 Å². The Kier molecular flexibility index (Phi) is 6.64. The molecule has 1 aromatic carbocycles. The van der Waals surface area contributed by atoms with Gasteiger partial charge in [0.25, 0.3) is 0 Å². The third kappa shape index (κ3) is 5.92. The quantitative estimate of drug-likeness (QED) is 0.823. The maximum atomic E-state index is 11.9. The lowest BCUT2D eigenvalue weighted by Gasteiger charge is -2.19. The molecule has 0 aromatic heterocycles. The van der Waals surface area contributed by atoms with Crippen molar-refractivity contribution in [3.63, 3.8) is 0 Å². The normalized spacial score (nSPS) is 12.4. The van der Waals surface area contributed by atoms with Gasteiger partial charge in [-0.15, -0.1) is 0 Å². The van der Waals surface area contributed by atoms with Crippen LogP contribution in [0.1, 0.15) is 43.9 Å². The van der Waals surface area contributed by atoms with Gasteiger partial charge in [-0.05, 0) is 17.9 Å². The smallest absolute Gasteiger partial charge is 0.303 e. The highest BCUT2D eigenvalue weighted by molar-refractivity contribution is 8.13. The Morgan fingerprint density at radius 3 is 2.32 bits per heavy atom. The molecule has 0 radical (unpaired) electrons. The summed E-state index contributed by atoms with van der Waals surface area (Å²) in [5.74, 6) is -0.489. The molecule has 1 atom stereocenters. The molecule has 0 saturated carbocycles. The zero-order valence-corrected chi connectivity index (χ0v) is 12.2. The predicted octanol–water partition coefficient (Wildman–Crippen LogP) is 3.90. The number of hydrogen-bond acceptors (Lipinski definition) is 3. The van der Waals surface area contributed by atoms with Crippen molar-refractivity contribution >= 4 is 22.8 Å². The Morgan fingerprint density at radius 2 is 1.79 bits per heavy atom. The minimum absolute atomic E-state index is 0.0595. The summed E-state index contributed by atoms with van der Waals surface area (Å²) in [6, 6.07) is 9.96. The first-order valence-corrected chi connectivity index (χ1v) is 7.35. The number of carbonyl (C=O) groups excluding carboxylic acids is 1. The van der Waals surface area contributed by atoms with Gasteiger partial charge in [0, 0.05) is 18.1 Å². The van der Waals surface area contributed by atoms with Crippen LogP contribution in [0.15, 0.2) is 30.3 Å². The van der Waals surface area contributed by atoms with Gasteiger partial charge >= 0.3 is 5.97 Å². The van der Waals surface area contributed by atoms with E-state index in [2.05, 4.69) is 13.8 Å². The fourth-order valence-corrected chi connectivity index (χ4v) is 2.93. The largest absolute Gasteiger partial charge is 0.481 e. The number of carboxylic acid groups (broad SMARTS) is 1. The molecule has 3 nitrogen and oxygen atoms in total. The van der Waals surface area contributed by atoms with Crippen molar-refractivity contribution in [3.05, 3.63) is 35.9 Å². The summed E-state index contributed by atoms with van der Waals surface area (Å²) in [5, 5.41) is 8.77. The molecule has 4 heteroatoms. The highest BCUT2D eigenvalue weighted by Crippen LogP contribution is 2.36. The Bertz CT molecular complexity index is 415. The van der Waals surface area contributed by atoms with Gasteiger partial charge in [0.2, 0.25) is 0 Å². The molecule has 0 heterocycles. The summed E-state index contributed by atoms with van der Waals surface area (Å²) in [4.78, 5) is 22.3. The summed E-state index contributed by atoms with van der Waals surface area (Å²) >= 11 is 1.33. The van der Waals surface area contributed by atoms with Crippen LogP contribution in [0.25, 0.3) is 0 Å². The minimum Gasteiger partial charge on any atom is -0.481 e. The first-order chi connectivity index (χ1) is 9.00. The molecular formula is C15H20O3S. The lowest BCUT2D eigenvalue weighted by atomic mass is 10.0. The van der Waals surface area contributed by atoms with Crippen molar-refractivity contribution in [1.29, 1.82) is 0 Å². The fourth-order valence-electron chi connectivity index (χ4n) is 1.82. The van der Waals surface area contributed by atoms with Gasteiger partial charge in [-0.3, -0.25) is 9.59 Å². The van der Waals surface area contributed by atoms with Gasteiger partial charge < -0.3 is 5.11 Å². The van der Waals surface area contributed by atoms with Crippen molar-refractivity contribution in [2.75, 3.05) is 0 Å². The average Bonchev–Trinajstić information content (AvgIpc) is 2.36. The fraction of sp³-hybridized carbons (Fsp3) is 0.467. The van der Waals surface area contributed by atoms with Crippen LogP contribution in [-0.4, -0.2) is 16.2 Å².